The number of unbranched alkanes of at least 4 members (excludes halogenated alkanes) is 2. The summed E-state index contributed by atoms with van der Waals surface area (Å²) < 4.78 is 1.94. The number of fused-ring (bicyclic) bond motifs is 1. The average Bonchev–Trinajstić information content (AvgIpc) is 2.98. The molecule has 1 N–H and O–H groups in total. The number of hydrogen-bond donors (Lipinski definition) is 1. The minimum absolute atomic E-state index is 0.184. The summed E-state index contributed by atoms with van der Waals surface area (Å²) in [7, 11) is 1.97. The second-order valence-electron chi connectivity index (χ2n) is 7.74. The molecule has 2 atom stereocenters. The van der Waals surface area contributed by atoms with Crippen molar-refractivity contribution in [1.29, 1.82) is 0 Å². The molecule has 27 heavy (non-hydrogen) atoms. The second kappa shape index (κ2) is 8.68. The van der Waals surface area contributed by atoms with Crippen molar-refractivity contribution in [2.75, 3.05) is 0 Å². The van der Waals surface area contributed by atoms with Gasteiger partial charge in [-0.25, -0.2) is 0 Å². The number of carbonyl (C=O) groups is 2. The molecular weight excluding hydrogens is 338 g/mol. The first kappa shape index (κ1) is 19.6. The number of para-hydroxylation sites is 1. The maximum atomic E-state index is 12.4. The number of nitrogens with zero attached hydrogens (tertiary/aromatic N) is 2. The maximum Gasteiger partial charge on any atom is 0.235 e. The summed E-state index contributed by atoms with van der Waals surface area (Å²) in [5.41, 5.74) is 3.30. The van der Waals surface area contributed by atoms with Gasteiger partial charge in [-0.3, -0.25) is 19.6 Å². The van der Waals surface area contributed by atoms with E-state index in [-0.39, 0.29) is 17.7 Å². The summed E-state index contributed by atoms with van der Waals surface area (Å²) in [6.07, 6.45) is 8.18. The Balaban J connectivity index is 2.00. The van der Waals surface area contributed by atoms with Gasteiger partial charge in [-0.05, 0) is 30.7 Å². The number of rotatable bonds is 8. The molecule has 1 aromatic heterocycles. The van der Waals surface area contributed by atoms with Gasteiger partial charge in [0.2, 0.25) is 11.8 Å². The quantitative estimate of drug-likeness (QED) is 0.548. The van der Waals surface area contributed by atoms with Crippen LogP contribution in [0.3, 0.4) is 0 Å². The number of hydrogen-bond acceptors (Lipinski definition) is 3. The summed E-state index contributed by atoms with van der Waals surface area (Å²) in [4.78, 5) is 23.9. The van der Waals surface area contributed by atoms with Gasteiger partial charge in [0.25, 0.3) is 0 Å². The predicted molar refractivity (Wildman–Crippen MR) is 108 cm³/mol. The van der Waals surface area contributed by atoms with Crippen LogP contribution in [0.25, 0.3) is 10.9 Å². The van der Waals surface area contributed by atoms with Crippen molar-refractivity contribution >= 4 is 22.7 Å². The summed E-state index contributed by atoms with van der Waals surface area (Å²) in [5, 5.41) is 8.26. The van der Waals surface area contributed by atoms with Crippen LogP contribution in [-0.2, 0) is 16.6 Å². The van der Waals surface area contributed by atoms with Crippen LogP contribution in [0.2, 0.25) is 0 Å². The molecule has 1 aromatic carbocycles. The minimum atomic E-state index is -0.341. The molecule has 1 fully saturated rings. The van der Waals surface area contributed by atoms with Gasteiger partial charge in [-0.1, -0.05) is 57.7 Å². The molecule has 1 aliphatic heterocycles. The van der Waals surface area contributed by atoms with Gasteiger partial charge in [-0.15, -0.1) is 0 Å². The van der Waals surface area contributed by atoms with Gasteiger partial charge >= 0.3 is 0 Å². The van der Waals surface area contributed by atoms with Gasteiger partial charge in [0, 0.05) is 18.9 Å². The Kier molecular flexibility index (Phi) is 6.30. The monoisotopic (exact) mass is 369 g/mol. The molecule has 0 bridgehead atoms. The van der Waals surface area contributed by atoms with Gasteiger partial charge < -0.3 is 0 Å². The number of aromatic nitrogens is 2. The molecule has 0 aliphatic carbocycles. The Morgan fingerprint density at radius 1 is 1.19 bits per heavy atom. The van der Waals surface area contributed by atoms with E-state index < -0.39 is 0 Å². The van der Waals surface area contributed by atoms with Crippen LogP contribution in [0.5, 0.6) is 0 Å². The fraction of sp³-hybridized carbons (Fsp3) is 0.591. The number of nitrogens with one attached hydrogen (secondary N) is 1. The van der Waals surface area contributed by atoms with Crippen LogP contribution in [0, 0.1) is 0 Å². The van der Waals surface area contributed by atoms with Crippen LogP contribution >= 0.6 is 0 Å². The SMILES string of the molecule is CCCCCC(CCC)c1cccc2c(C3CCC(=O)NC3=O)nn(C)c12. The number of benzene rings is 1. The normalized spacial score (nSPS) is 18.7. The van der Waals surface area contributed by atoms with E-state index in [0.717, 1.165) is 23.0 Å². The van der Waals surface area contributed by atoms with Crippen molar-refractivity contribution in [1.82, 2.24) is 15.1 Å². The third-order valence-electron chi connectivity index (χ3n) is 5.73. The lowest BCUT2D eigenvalue weighted by Crippen LogP contribution is -2.39. The van der Waals surface area contributed by atoms with Gasteiger partial charge in [0.1, 0.15) is 0 Å². The number of piperidine rings is 1. The highest BCUT2D eigenvalue weighted by atomic mass is 16.2. The van der Waals surface area contributed by atoms with Crippen LogP contribution in [0.15, 0.2) is 18.2 Å². The lowest BCUT2D eigenvalue weighted by atomic mass is 9.86. The Labute approximate surface area is 161 Å². The summed E-state index contributed by atoms with van der Waals surface area (Å²) in [6.45, 7) is 4.48. The highest BCUT2D eigenvalue weighted by molar-refractivity contribution is 6.02. The van der Waals surface area contributed by atoms with E-state index in [9.17, 15) is 9.59 Å². The van der Waals surface area contributed by atoms with E-state index in [0.29, 0.717) is 18.8 Å². The number of aryl methyl sites for hydroxylation is 1. The van der Waals surface area contributed by atoms with Crippen molar-refractivity contribution in [3.63, 3.8) is 0 Å². The molecule has 3 rings (SSSR count). The first-order chi connectivity index (χ1) is 13.1. The molecule has 0 saturated carbocycles. The predicted octanol–water partition coefficient (Wildman–Crippen LogP) is 4.56. The first-order valence-corrected chi connectivity index (χ1v) is 10.4. The molecule has 0 spiro atoms. The topological polar surface area (TPSA) is 64.0 Å². The standard InChI is InChI=1S/C22H31N3O2/c1-4-6-7-10-15(9-5-2)16-11-8-12-17-20(24-25(3)21(16)17)18-13-14-19(26)23-22(18)27/h8,11-12,15,18H,4-7,9-10,13-14H2,1-3H3,(H,23,26,27). The summed E-state index contributed by atoms with van der Waals surface area (Å²) in [5.74, 6) is -0.220. The zero-order valence-corrected chi connectivity index (χ0v) is 16.8. The number of imide groups is 1. The lowest BCUT2D eigenvalue weighted by Gasteiger charge is -2.20. The third-order valence-corrected chi connectivity index (χ3v) is 5.73. The first-order valence-electron chi connectivity index (χ1n) is 10.4. The van der Waals surface area contributed by atoms with E-state index in [1.807, 2.05) is 11.7 Å². The molecule has 1 aliphatic rings. The Morgan fingerprint density at radius 3 is 2.70 bits per heavy atom. The fourth-order valence-corrected chi connectivity index (χ4v) is 4.38. The Hall–Kier alpha value is -2.17. The largest absolute Gasteiger partial charge is 0.296 e. The molecule has 2 heterocycles. The molecule has 146 valence electrons. The van der Waals surface area contributed by atoms with Crippen LogP contribution < -0.4 is 5.32 Å². The van der Waals surface area contributed by atoms with Crippen molar-refractivity contribution in [2.24, 2.45) is 7.05 Å². The summed E-state index contributed by atoms with van der Waals surface area (Å²) in [6, 6.07) is 6.39. The Bertz CT molecular complexity index is 824. The van der Waals surface area contributed by atoms with E-state index >= 15 is 0 Å². The zero-order valence-electron chi connectivity index (χ0n) is 16.8. The summed E-state index contributed by atoms with van der Waals surface area (Å²) >= 11 is 0. The van der Waals surface area contributed by atoms with E-state index in [4.69, 9.17) is 5.10 Å². The highest BCUT2D eigenvalue weighted by Crippen LogP contribution is 2.36. The van der Waals surface area contributed by atoms with E-state index in [1.165, 1.54) is 37.7 Å². The number of carbonyl (C=O) groups excluding carboxylic acids is 2. The van der Waals surface area contributed by atoms with Crippen LogP contribution in [0.1, 0.15) is 88.3 Å². The van der Waals surface area contributed by atoms with E-state index in [2.05, 4.69) is 37.4 Å². The molecular formula is C22H31N3O2. The van der Waals surface area contributed by atoms with Gasteiger partial charge in [0.15, 0.2) is 0 Å². The smallest absolute Gasteiger partial charge is 0.235 e. The van der Waals surface area contributed by atoms with Crippen molar-refractivity contribution < 1.29 is 9.59 Å². The average molecular weight is 370 g/mol. The minimum Gasteiger partial charge on any atom is -0.296 e. The third kappa shape index (κ3) is 4.07. The van der Waals surface area contributed by atoms with Gasteiger partial charge in [-0.2, -0.15) is 5.10 Å². The molecule has 2 aromatic rings. The molecule has 2 amide bonds. The van der Waals surface area contributed by atoms with E-state index in [1.54, 1.807) is 0 Å². The Morgan fingerprint density at radius 2 is 2.00 bits per heavy atom. The fourth-order valence-electron chi connectivity index (χ4n) is 4.38. The molecule has 5 heteroatoms. The zero-order chi connectivity index (χ0) is 19.4. The molecule has 5 nitrogen and oxygen atoms in total. The maximum absolute atomic E-state index is 12.4. The van der Waals surface area contributed by atoms with Crippen molar-refractivity contribution in [3.8, 4) is 0 Å². The van der Waals surface area contributed by atoms with Gasteiger partial charge in [0.05, 0.1) is 17.1 Å². The van der Waals surface area contributed by atoms with Crippen molar-refractivity contribution in [3.05, 3.63) is 29.5 Å². The van der Waals surface area contributed by atoms with Crippen LogP contribution in [-0.4, -0.2) is 21.6 Å². The highest BCUT2D eigenvalue weighted by Gasteiger charge is 2.32. The van der Waals surface area contributed by atoms with Crippen molar-refractivity contribution in [2.45, 2.75) is 77.0 Å². The second-order valence-corrected chi connectivity index (χ2v) is 7.74. The number of amides is 2. The molecule has 0 radical (unpaired) electrons. The van der Waals surface area contributed by atoms with Crippen LogP contribution in [0.4, 0.5) is 0 Å². The molecule has 1 saturated heterocycles. The lowest BCUT2D eigenvalue weighted by molar-refractivity contribution is -0.134. The molecule has 2 unspecified atom stereocenters.